The summed E-state index contributed by atoms with van der Waals surface area (Å²) >= 11 is 0. The maximum absolute atomic E-state index is 13.6. The van der Waals surface area contributed by atoms with Crippen LogP contribution >= 0.6 is 0 Å². The predicted octanol–water partition coefficient (Wildman–Crippen LogP) is 2.71. The Morgan fingerprint density at radius 3 is 2.03 bits per heavy atom. The summed E-state index contributed by atoms with van der Waals surface area (Å²) in [6, 6.07) is 20.8. The summed E-state index contributed by atoms with van der Waals surface area (Å²) in [5.74, 6) is -0.899. The van der Waals surface area contributed by atoms with Crippen molar-refractivity contribution in [2.45, 2.75) is 31.8 Å². The Kier molecular flexibility index (Phi) is 6.03. The number of carbonyl (C=O) groups is 2. The van der Waals surface area contributed by atoms with Crippen LogP contribution in [0.2, 0.25) is 0 Å². The fourth-order valence-electron chi connectivity index (χ4n) is 5.14. The molecule has 35 heavy (non-hydrogen) atoms. The first kappa shape index (κ1) is 22.7. The Bertz CT molecular complexity index is 1240. The van der Waals surface area contributed by atoms with E-state index in [1.54, 1.807) is 27.6 Å². The van der Waals surface area contributed by atoms with Crippen LogP contribution < -0.4 is 10.4 Å². The van der Waals surface area contributed by atoms with Crippen molar-refractivity contribution in [2.24, 2.45) is 0 Å². The minimum atomic E-state index is -0.589. The number of carbonyl (C=O) groups excluding carboxylic acids is 2. The summed E-state index contributed by atoms with van der Waals surface area (Å²) < 4.78 is 1.62. The maximum Gasteiger partial charge on any atom is 0.278 e. The number of likely N-dealkylation sites (tertiary alicyclic amines) is 1. The first-order chi connectivity index (χ1) is 17.0. The largest absolute Gasteiger partial charge is 0.502 e. The second-order valence-corrected chi connectivity index (χ2v) is 9.04. The van der Waals surface area contributed by atoms with Gasteiger partial charge in [0.2, 0.25) is 11.3 Å². The van der Waals surface area contributed by atoms with Gasteiger partial charge in [0.15, 0.2) is 11.4 Å². The molecule has 1 aromatic heterocycles. The van der Waals surface area contributed by atoms with E-state index in [1.165, 1.54) is 6.07 Å². The first-order valence-corrected chi connectivity index (χ1v) is 11.8. The summed E-state index contributed by atoms with van der Waals surface area (Å²) in [7, 11) is 0. The van der Waals surface area contributed by atoms with E-state index in [-0.39, 0.29) is 36.3 Å². The predicted molar refractivity (Wildman–Crippen MR) is 132 cm³/mol. The van der Waals surface area contributed by atoms with E-state index in [9.17, 15) is 19.5 Å². The highest BCUT2D eigenvalue weighted by Gasteiger charge is 2.40. The highest BCUT2D eigenvalue weighted by atomic mass is 16.3. The minimum absolute atomic E-state index is 0.0257. The Balaban J connectivity index is 1.61. The van der Waals surface area contributed by atoms with Crippen molar-refractivity contribution in [3.05, 3.63) is 100.0 Å². The van der Waals surface area contributed by atoms with Gasteiger partial charge in [-0.05, 0) is 24.0 Å². The molecule has 2 amide bonds. The molecule has 3 heterocycles. The topological polar surface area (TPSA) is 86.1 Å². The molecule has 1 N–H and O–H groups in total. The molecule has 0 saturated carbocycles. The van der Waals surface area contributed by atoms with Crippen LogP contribution in [-0.2, 0) is 4.79 Å². The standard InChI is InChI=1S/C27H28N4O4/c1-19(32)28-15-12-22(13-16-28)29-18-31(30-17-14-23(33)26(34)25(30)27(29)35)24(20-8-4-2-5-9-20)21-10-6-3-7-11-21/h2-11,14,17,22,24,34H,12-13,15-16,18H2,1H3. The van der Waals surface area contributed by atoms with E-state index in [0.29, 0.717) is 25.9 Å². The van der Waals surface area contributed by atoms with Gasteiger partial charge in [-0.15, -0.1) is 0 Å². The highest BCUT2D eigenvalue weighted by Crippen LogP contribution is 2.33. The molecule has 5 rings (SSSR count). The molecular formula is C27H28N4O4. The summed E-state index contributed by atoms with van der Waals surface area (Å²) in [6.45, 7) is 2.96. The van der Waals surface area contributed by atoms with Gasteiger partial charge in [0.25, 0.3) is 5.91 Å². The molecule has 0 atom stereocenters. The molecule has 1 saturated heterocycles. The third kappa shape index (κ3) is 4.16. The fraction of sp³-hybridized carbons (Fsp3) is 0.296. The van der Waals surface area contributed by atoms with Gasteiger partial charge in [0, 0.05) is 38.3 Å². The molecule has 0 unspecified atom stereocenters. The van der Waals surface area contributed by atoms with Crippen LogP contribution in [-0.4, -0.2) is 57.2 Å². The lowest BCUT2D eigenvalue weighted by Crippen LogP contribution is -2.59. The van der Waals surface area contributed by atoms with Gasteiger partial charge in [0.1, 0.15) is 6.67 Å². The van der Waals surface area contributed by atoms with Gasteiger partial charge in [-0.1, -0.05) is 60.7 Å². The molecule has 0 spiro atoms. The van der Waals surface area contributed by atoms with Crippen molar-refractivity contribution >= 4 is 11.8 Å². The van der Waals surface area contributed by atoms with E-state index >= 15 is 0 Å². The van der Waals surface area contributed by atoms with Crippen molar-refractivity contribution in [3.8, 4) is 5.75 Å². The second kappa shape index (κ2) is 9.29. The van der Waals surface area contributed by atoms with Gasteiger partial charge >= 0.3 is 0 Å². The van der Waals surface area contributed by atoms with E-state index in [2.05, 4.69) is 0 Å². The molecule has 1 fully saturated rings. The number of aromatic hydroxyl groups is 1. The van der Waals surface area contributed by atoms with Gasteiger partial charge in [0.05, 0.1) is 6.04 Å². The lowest BCUT2D eigenvalue weighted by molar-refractivity contribution is -0.130. The fourth-order valence-corrected chi connectivity index (χ4v) is 5.14. The molecular weight excluding hydrogens is 444 g/mol. The number of rotatable bonds is 4. The van der Waals surface area contributed by atoms with E-state index in [4.69, 9.17) is 0 Å². The number of aromatic nitrogens is 1. The number of hydrogen-bond acceptors (Lipinski definition) is 5. The van der Waals surface area contributed by atoms with Gasteiger partial charge in [-0.25, -0.2) is 0 Å². The molecule has 2 aliphatic heterocycles. The SMILES string of the molecule is CC(=O)N1CCC(N2CN(C(c3ccccc3)c3ccccc3)n3ccc(=O)c(O)c3C2=O)CC1. The molecule has 8 heteroatoms. The van der Waals surface area contributed by atoms with Gasteiger partial charge in [-0.3, -0.25) is 24.1 Å². The summed E-state index contributed by atoms with van der Waals surface area (Å²) in [6.07, 6.45) is 2.83. The normalized spacial score (nSPS) is 16.5. The molecule has 0 radical (unpaired) electrons. The van der Waals surface area contributed by atoms with Gasteiger partial charge < -0.3 is 14.9 Å². The monoisotopic (exact) mass is 472 g/mol. The van der Waals surface area contributed by atoms with Crippen molar-refractivity contribution in [3.63, 3.8) is 0 Å². The smallest absolute Gasteiger partial charge is 0.278 e. The molecule has 0 bridgehead atoms. The Morgan fingerprint density at radius 2 is 1.49 bits per heavy atom. The van der Waals surface area contributed by atoms with Crippen LogP contribution in [0.4, 0.5) is 0 Å². The number of nitrogens with zero attached hydrogens (tertiary/aromatic N) is 4. The van der Waals surface area contributed by atoms with E-state index in [0.717, 1.165) is 11.1 Å². The van der Waals surface area contributed by atoms with E-state index < -0.39 is 11.2 Å². The van der Waals surface area contributed by atoms with Crippen LogP contribution in [0.25, 0.3) is 0 Å². The highest BCUT2D eigenvalue weighted by molar-refractivity contribution is 5.96. The Morgan fingerprint density at radius 1 is 0.914 bits per heavy atom. The average Bonchev–Trinajstić information content (AvgIpc) is 2.89. The third-order valence-electron chi connectivity index (χ3n) is 6.97. The zero-order valence-electron chi connectivity index (χ0n) is 19.6. The van der Waals surface area contributed by atoms with Crippen LogP contribution in [0.5, 0.6) is 5.75 Å². The van der Waals surface area contributed by atoms with Crippen LogP contribution in [0.15, 0.2) is 77.7 Å². The quantitative estimate of drug-likeness (QED) is 0.631. The Labute approximate surface area is 203 Å². The minimum Gasteiger partial charge on any atom is -0.502 e. The van der Waals surface area contributed by atoms with Crippen molar-refractivity contribution < 1.29 is 14.7 Å². The van der Waals surface area contributed by atoms with Crippen LogP contribution in [0.1, 0.15) is 47.4 Å². The number of hydrogen-bond donors (Lipinski definition) is 1. The van der Waals surface area contributed by atoms with Crippen molar-refractivity contribution in [1.29, 1.82) is 0 Å². The van der Waals surface area contributed by atoms with Crippen molar-refractivity contribution in [2.75, 3.05) is 24.8 Å². The lowest BCUT2D eigenvalue weighted by Gasteiger charge is -2.47. The summed E-state index contributed by atoms with van der Waals surface area (Å²) in [4.78, 5) is 41.3. The summed E-state index contributed by atoms with van der Waals surface area (Å²) in [5, 5.41) is 12.7. The number of benzene rings is 2. The molecule has 8 nitrogen and oxygen atoms in total. The third-order valence-corrected chi connectivity index (χ3v) is 6.97. The molecule has 0 aliphatic carbocycles. The lowest BCUT2D eigenvalue weighted by atomic mass is 9.97. The molecule has 2 aliphatic rings. The van der Waals surface area contributed by atoms with Crippen LogP contribution in [0.3, 0.4) is 0 Å². The first-order valence-electron chi connectivity index (χ1n) is 11.8. The zero-order chi connectivity index (χ0) is 24.5. The number of fused-ring (bicyclic) bond motifs is 1. The average molecular weight is 473 g/mol. The molecule has 3 aromatic rings. The molecule has 2 aromatic carbocycles. The van der Waals surface area contributed by atoms with Crippen LogP contribution in [0, 0.1) is 0 Å². The van der Waals surface area contributed by atoms with E-state index in [1.807, 2.05) is 65.7 Å². The summed E-state index contributed by atoms with van der Waals surface area (Å²) in [5.41, 5.74) is 1.41. The second-order valence-electron chi connectivity index (χ2n) is 9.04. The molecule has 180 valence electrons. The van der Waals surface area contributed by atoms with Crippen molar-refractivity contribution in [1.82, 2.24) is 14.5 Å². The number of amides is 2. The zero-order valence-corrected chi connectivity index (χ0v) is 19.6. The number of pyridine rings is 1. The van der Waals surface area contributed by atoms with Gasteiger partial charge in [-0.2, -0.15) is 0 Å². The Hall–Kier alpha value is -4.07. The number of piperidine rings is 1. The maximum atomic E-state index is 13.6.